The number of benzene rings is 1. The minimum absolute atomic E-state index is 0.151. The molecule has 0 atom stereocenters. The third-order valence-electron chi connectivity index (χ3n) is 4.44. The summed E-state index contributed by atoms with van der Waals surface area (Å²) in [6.45, 7) is 8.13. The van der Waals surface area contributed by atoms with Crippen LogP contribution in [0.15, 0.2) is 72.0 Å². The summed E-state index contributed by atoms with van der Waals surface area (Å²) in [4.78, 5) is 22.9. The third-order valence-corrected chi connectivity index (χ3v) is 4.44. The molecule has 1 heterocycles. The lowest BCUT2D eigenvalue weighted by Crippen LogP contribution is -2.25. The Kier molecular flexibility index (Phi) is 8.76. The Morgan fingerprint density at radius 1 is 1.32 bits per heavy atom. The molecule has 1 amide bonds. The van der Waals surface area contributed by atoms with Crippen molar-refractivity contribution in [3.8, 4) is 11.5 Å². The number of allylic oxidation sites excluding steroid dienone is 3. The molecule has 0 aliphatic rings. The number of nitrogens with zero attached hydrogens (tertiary/aromatic N) is 3. The maximum Gasteiger partial charge on any atom is 0.251 e. The van der Waals surface area contributed by atoms with Crippen molar-refractivity contribution in [2.24, 2.45) is 4.99 Å². The lowest BCUT2D eigenvalue weighted by Gasteiger charge is -2.14. The zero-order valence-electron chi connectivity index (χ0n) is 18.8. The first kappa shape index (κ1) is 23.6. The summed E-state index contributed by atoms with van der Waals surface area (Å²) in [6, 6.07) is 9.09. The molecule has 0 unspecified atom stereocenters. The zero-order chi connectivity index (χ0) is 22.8. The Hall–Kier alpha value is -3.67. The van der Waals surface area contributed by atoms with Crippen molar-refractivity contribution < 1.29 is 9.53 Å². The van der Waals surface area contributed by atoms with Gasteiger partial charge in [0.25, 0.3) is 5.91 Å². The number of carbonyl (C=O) groups excluding carboxylic acids is 1. The maximum atomic E-state index is 12.7. The molecule has 0 radical (unpaired) electrons. The van der Waals surface area contributed by atoms with Gasteiger partial charge in [-0.1, -0.05) is 24.3 Å². The number of aromatic nitrogens is 1. The van der Waals surface area contributed by atoms with Gasteiger partial charge in [-0.05, 0) is 38.1 Å². The van der Waals surface area contributed by atoms with Crippen LogP contribution in [0, 0.1) is 6.92 Å². The molecule has 162 valence electrons. The molecular formula is C25H30N4O2. The van der Waals surface area contributed by atoms with E-state index in [1.807, 2.05) is 63.3 Å². The van der Waals surface area contributed by atoms with Crippen molar-refractivity contribution in [3.05, 3.63) is 83.9 Å². The normalized spacial score (nSPS) is 12.0. The fourth-order valence-electron chi connectivity index (χ4n) is 2.81. The van der Waals surface area contributed by atoms with Gasteiger partial charge in [0.2, 0.25) is 0 Å². The summed E-state index contributed by atoms with van der Waals surface area (Å²) >= 11 is 0. The summed E-state index contributed by atoms with van der Waals surface area (Å²) in [7, 11) is 5.59. The smallest absolute Gasteiger partial charge is 0.251 e. The van der Waals surface area contributed by atoms with Crippen molar-refractivity contribution in [3.63, 3.8) is 0 Å². The summed E-state index contributed by atoms with van der Waals surface area (Å²) < 4.78 is 6.10. The minimum atomic E-state index is -0.151. The van der Waals surface area contributed by atoms with Crippen LogP contribution < -0.4 is 10.1 Å². The van der Waals surface area contributed by atoms with E-state index < -0.39 is 0 Å². The summed E-state index contributed by atoms with van der Waals surface area (Å²) in [5.74, 6) is 1.10. The fourth-order valence-corrected chi connectivity index (χ4v) is 2.81. The highest BCUT2D eigenvalue weighted by molar-refractivity contribution is 5.96. The van der Waals surface area contributed by atoms with E-state index >= 15 is 0 Å². The Labute approximate surface area is 184 Å². The molecule has 2 rings (SSSR count). The maximum absolute atomic E-state index is 12.7. The van der Waals surface area contributed by atoms with E-state index in [4.69, 9.17) is 4.74 Å². The van der Waals surface area contributed by atoms with Crippen LogP contribution in [0.2, 0.25) is 0 Å². The molecule has 0 saturated heterocycles. The van der Waals surface area contributed by atoms with Crippen molar-refractivity contribution in [1.82, 2.24) is 15.2 Å². The number of nitrogens with one attached hydrogen (secondary N) is 1. The number of hydrogen-bond donors (Lipinski definition) is 1. The van der Waals surface area contributed by atoms with E-state index in [1.54, 1.807) is 37.7 Å². The van der Waals surface area contributed by atoms with E-state index in [0.717, 1.165) is 22.4 Å². The molecule has 0 saturated carbocycles. The van der Waals surface area contributed by atoms with E-state index in [-0.39, 0.29) is 5.91 Å². The van der Waals surface area contributed by atoms with Gasteiger partial charge < -0.3 is 15.0 Å². The summed E-state index contributed by atoms with van der Waals surface area (Å²) in [6.07, 6.45) is 8.97. The molecule has 0 bridgehead atoms. The highest BCUT2D eigenvalue weighted by Gasteiger charge is 2.13. The van der Waals surface area contributed by atoms with Gasteiger partial charge in [-0.2, -0.15) is 0 Å². The van der Waals surface area contributed by atoms with Gasteiger partial charge in [0.15, 0.2) is 0 Å². The molecule has 1 aromatic heterocycles. The second-order valence-corrected chi connectivity index (χ2v) is 7.26. The van der Waals surface area contributed by atoms with Crippen LogP contribution in [0.1, 0.15) is 28.5 Å². The molecule has 0 aliphatic heterocycles. The van der Waals surface area contributed by atoms with Crippen LogP contribution in [0.3, 0.4) is 0 Å². The zero-order valence-corrected chi connectivity index (χ0v) is 18.8. The van der Waals surface area contributed by atoms with Gasteiger partial charge in [0, 0.05) is 69.1 Å². The molecule has 6 nitrogen and oxygen atoms in total. The van der Waals surface area contributed by atoms with Gasteiger partial charge in [-0.15, -0.1) is 0 Å². The molecule has 1 N–H and O–H groups in total. The second kappa shape index (κ2) is 11.5. The number of rotatable bonds is 9. The topological polar surface area (TPSA) is 66.8 Å². The third kappa shape index (κ3) is 6.96. The van der Waals surface area contributed by atoms with Crippen LogP contribution in [-0.4, -0.2) is 49.7 Å². The van der Waals surface area contributed by atoms with Gasteiger partial charge >= 0.3 is 0 Å². The van der Waals surface area contributed by atoms with Gasteiger partial charge in [0.1, 0.15) is 11.5 Å². The van der Waals surface area contributed by atoms with Crippen molar-refractivity contribution in [1.29, 1.82) is 0 Å². The highest BCUT2D eigenvalue weighted by atomic mass is 16.5. The molecule has 0 aliphatic carbocycles. The average molecular weight is 419 g/mol. The van der Waals surface area contributed by atoms with Crippen LogP contribution in [-0.2, 0) is 0 Å². The highest BCUT2D eigenvalue weighted by Crippen LogP contribution is 2.28. The molecule has 1 aromatic carbocycles. The van der Waals surface area contributed by atoms with E-state index in [1.165, 1.54) is 0 Å². The SMILES string of the molecule is C=C/C(=C\N(C)C)c1cc(Oc2cccc(C(=O)NC/C(C)=C/C=NC)c2C)ccn1. The lowest BCUT2D eigenvalue weighted by atomic mass is 10.1. The first-order valence-corrected chi connectivity index (χ1v) is 9.96. The first-order chi connectivity index (χ1) is 14.8. The van der Waals surface area contributed by atoms with Crippen molar-refractivity contribution in [2.45, 2.75) is 13.8 Å². The molecule has 0 spiro atoms. The Morgan fingerprint density at radius 2 is 2.10 bits per heavy atom. The number of ether oxygens (including phenoxy) is 1. The Morgan fingerprint density at radius 3 is 2.77 bits per heavy atom. The fraction of sp³-hybridized carbons (Fsp3) is 0.240. The number of pyridine rings is 1. The monoisotopic (exact) mass is 418 g/mol. The van der Waals surface area contributed by atoms with E-state index in [2.05, 4.69) is 21.9 Å². The van der Waals surface area contributed by atoms with E-state index in [9.17, 15) is 4.79 Å². The van der Waals surface area contributed by atoms with Gasteiger partial charge in [-0.3, -0.25) is 14.8 Å². The number of carbonyl (C=O) groups is 1. The second-order valence-electron chi connectivity index (χ2n) is 7.26. The summed E-state index contributed by atoms with van der Waals surface area (Å²) in [5, 5.41) is 2.93. The number of aliphatic imine (C=N–C) groups is 1. The Bertz CT molecular complexity index is 1020. The van der Waals surface area contributed by atoms with Crippen molar-refractivity contribution >= 4 is 17.7 Å². The van der Waals surface area contributed by atoms with Crippen LogP contribution in [0.4, 0.5) is 0 Å². The Balaban J connectivity index is 2.22. The molecule has 6 heteroatoms. The minimum Gasteiger partial charge on any atom is -0.457 e. The number of amides is 1. The predicted molar refractivity (Wildman–Crippen MR) is 128 cm³/mol. The standard InChI is InChI=1S/C25H30N4O2/c1-7-20(17-29(5)6)23-15-21(12-14-27-23)31-24-10-8-9-22(19(24)3)25(30)28-16-18(2)11-13-26-4/h7-15,17H,1,16H2,2-6H3,(H,28,30)/b18-11+,20-17+,26-13?. The van der Waals surface area contributed by atoms with E-state index in [0.29, 0.717) is 23.6 Å². The quantitative estimate of drug-likeness (QED) is 0.476. The predicted octanol–water partition coefficient (Wildman–Crippen LogP) is 4.65. The molecule has 0 fully saturated rings. The first-order valence-electron chi connectivity index (χ1n) is 9.96. The van der Waals surface area contributed by atoms with Gasteiger partial charge in [-0.25, -0.2) is 0 Å². The molecule has 2 aromatic rings. The molecule has 31 heavy (non-hydrogen) atoms. The lowest BCUT2D eigenvalue weighted by molar-refractivity contribution is 0.0956. The van der Waals surface area contributed by atoms with Crippen LogP contribution in [0.5, 0.6) is 11.5 Å². The van der Waals surface area contributed by atoms with Crippen LogP contribution >= 0.6 is 0 Å². The van der Waals surface area contributed by atoms with Crippen molar-refractivity contribution in [2.75, 3.05) is 27.7 Å². The summed E-state index contributed by atoms with van der Waals surface area (Å²) in [5.41, 5.74) is 3.99. The molecular weight excluding hydrogens is 388 g/mol. The largest absolute Gasteiger partial charge is 0.457 e. The number of hydrogen-bond acceptors (Lipinski definition) is 5. The van der Waals surface area contributed by atoms with Gasteiger partial charge in [0.05, 0.1) is 5.69 Å². The average Bonchev–Trinajstić information content (AvgIpc) is 2.75. The van der Waals surface area contributed by atoms with Crippen LogP contribution in [0.25, 0.3) is 5.57 Å².